The molecule has 0 unspecified atom stereocenters. The van der Waals surface area contributed by atoms with E-state index >= 15 is 0 Å². The van der Waals surface area contributed by atoms with Crippen molar-refractivity contribution in [1.82, 2.24) is 0 Å². The van der Waals surface area contributed by atoms with E-state index < -0.39 is 0 Å². The minimum Gasteiger partial charge on any atom is -0.0836 e. The lowest BCUT2D eigenvalue weighted by molar-refractivity contribution is 1.71. The van der Waals surface area contributed by atoms with Crippen LogP contribution < -0.4 is 0 Å². The summed E-state index contributed by atoms with van der Waals surface area (Å²) in [6.45, 7) is 5.57. The molecule has 0 spiro atoms. The lowest BCUT2D eigenvalue weighted by Gasteiger charge is -1.87. The average Bonchev–Trinajstić information content (AvgIpc) is 1.65. The Balaban J connectivity index is 3.82. The Kier molecular flexibility index (Phi) is 3.66. The van der Waals surface area contributed by atoms with Gasteiger partial charge >= 0.3 is 0 Å². The fourth-order valence-corrected chi connectivity index (χ4v) is 0.386. The topological polar surface area (TPSA) is 0 Å². The fourth-order valence-electron chi connectivity index (χ4n) is 0.157. The second-order valence-corrected chi connectivity index (χ2v) is 2.85. The van der Waals surface area contributed by atoms with Gasteiger partial charge in [-0.1, -0.05) is 28.6 Å². The van der Waals surface area contributed by atoms with Crippen molar-refractivity contribution >= 4 is 31.9 Å². The van der Waals surface area contributed by atoms with E-state index in [4.69, 9.17) is 0 Å². The third kappa shape index (κ3) is 3.06. The minimum absolute atomic E-state index is 0.884. The summed E-state index contributed by atoms with van der Waals surface area (Å²) in [6, 6.07) is 0. The van der Waals surface area contributed by atoms with Gasteiger partial charge < -0.3 is 0 Å². The summed E-state index contributed by atoms with van der Waals surface area (Å²) < 4.78 is 1.89. The maximum atomic E-state index is 3.63. The van der Waals surface area contributed by atoms with Crippen LogP contribution in [0.25, 0.3) is 0 Å². The minimum atomic E-state index is 0.884. The molecule has 0 aromatic rings. The fraction of sp³-hybridized carbons (Fsp3) is 0.200. The van der Waals surface area contributed by atoms with Crippen LogP contribution in [0.15, 0.2) is 21.6 Å². The van der Waals surface area contributed by atoms with Crippen molar-refractivity contribution in [1.29, 1.82) is 0 Å². The van der Waals surface area contributed by atoms with Crippen molar-refractivity contribution in [3.05, 3.63) is 21.6 Å². The molecule has 2 heteroatoms. The van der Waals surface area contributed by atoms with Crippen LogP contribution in [-0.2, 0) is 0 Å². The molecule has 0 nitrogen and oxygen atoms in total. The third-order valence-electron chi connectivity index (χ3n) is 0.513. The molecule has 40 valence electrons. The molecule has 0 saturated carbocycles. The molecule has 0 aliphatic carbocycles. The second-order valence-electron chi connectivity index (χ2n) is 1.04. The van der Waals surface area contributed by atoms with Crippen LogP contribution in [-0.4, -0.2) is 0 Å². The van der Waals surface area contributed by atoms with Gasteiger partial charge in [-0.25, -0.2) is 0 Å². The first-order chi connectivity index (χ1) is 3.18. The first-order valence-corrected chi connectivity index (χ1v) is 3.43. The zero-order valence-electron chi connectivity index (χ0n) is 4.04. The molecule has 0 aliphatic rings. The highest BCUT2D eigenvalue weighted by Crippen LogP contribution is 2.19. The molecule has 0 N–H and O–H groups in total. The molecule has 0 heterocycles. The first kappa shape index (κ1) is 7.44. The van der Waals surface area contributed by atoms with Gasteiger partial charge in [-0.15, -0.1) is 0 Å². The summed E-state index contributed by atoms with van der Waals surface area (Å²) >= 11 is 6.45. The quantitative estimate of drug-likeness (QED) is 0.602. The van der Waals surface area contributed by atoms with Crippen molar-refractivity contribution in [2.24, 2.45) is 0 Å². The molecule has 0 rings (SSSR count). The van der Waals surface area contributed by atoms with Gasteiger partial charge in [0.05, 0.1) is 0 Å². The highest BCUT2D eigenvalue weighted by atomic mass is 79.9. The first-order valence-electron chi connectivity index (χ1n) is 1.85. The summed E-state index contributed by atoms with van der Waals surface area (Å²) in [6.07, 6.45) is 1.93. The Morgan fingerprint density at radius 3 is 2.00 bits per heavy atom. The van der Waals surface area contributed by atoms with Gasteiger partial charge in [-0.3, -0.25) is 0 Å². The Bertz CT molecular complexity index is 103. The van der Waals surface area contributed by atoms with Crippen molar-refractivity contribution in [2.45, 2.75) is 6.92 Å². The lowest BCUT2D eigenvalue weighted by atomic mass is 10.5. The number of hydrogen-bond acceptors (Lipinski definition) is 0. The molecule has 7 heavy (non-hydrogen) atoms. The summed E-state index contributed by atoms with van der Waals surface area (Å²) in [5.74, 6) is 0. The van der Waals surface area contributed by atoms with E-state index in [-0.39, 0.29) is 0 Å². The molecule has 0 atom stereocenters. The molecule has 0 saturated heterocycles. The predicted octanol–water partition coefficient (Wildman–Crippen LogP) is 3.19. The summed E-state index contributed by atoms with van der Waals surface area (Å²) in [4.78, 5) is 0. The number of hydrogen-bond donors (Lipinski definition) is 0. The summed E-state index contributed by atoms with van der Waals surface area (Å²) in [5, 5.41) is 0. The predicted molar refractivity (Wildman–Crippen MR) is 40.8 cm³/mol. The van der Waals surface area contributed by atoms with Crippen molar-refractivity contribution in [3.63, 3.8) is 0 Å². The number of halogens is 2. The molecule has 0 amide bonds. The Hall–Kier alpha value is 0.440. The largest absolute Gasteiger partial charge is 0.0836 e. The van der Waals surface area contributed by atoms with Gasteiger partial charge in [-0.05, 0) is 22.9 Å². The molecule has 0 bridgehead atoms. The maximum Gasteiger partial charge on any atom is 0.0268 e. The molecule has 0 fully saturated rings. The van der Waals surface area contributed by atoms with Crippen LogP contribution in [0.1, 0.15) is 6.92 Å². The molecular formula is C5H6Br2. The van der Waals surface area contributed by atoms with E-state index in [1.165, 1.54) is 0 Å². The molecule has 0 aliphatic heterocycles. The smallest absolute Gasteiger partial charge is 0.0268 e. The van der Waals surface area contributed by atoms with Crippen LogP contribution in [0.5, 0.6) is 0 Å². The van der Waals surface area contributed by atoms with E-state index in [9.17, 15) is 0 Å². The van der Waals surface area contributed by atoms with Crippen molar-refractivity contribution in [3.8, 4) is 0 Å². The van der Waals surface area contributed by atoms with E-state index in [0.717, 1.165) is 8.96 Å². The van der Waals surface area contributed by atoms with Crippen LogP contribution in [0, 0.1) is 0 Å². The zero-order chi connectivity index (χ0) is 5.86. The molecule has 0 radical (unpaired) electrons. The maximum absolute atomic E-state index is 3.63. The van der Waals surface area contributed by atoms with Gasteiger partial charge in [0, 0.05) is 8.96 Å². The third-order valence-corrected chi connectivity index (χ3v) is 2.41. The number of rotatable bonds is 1. The highest BCUT2D eigenvalue weighted by molar-refractivity contribution is 9.15. The van der Waals surface area contributed by atoms with Gasteiger partial charge in [0.1, 0.15) is 0 Å². The average molecular weight is 226 g/mol. The highest BCUT2D eigenvalue weighted by Gasteiger charge is 1.86. The molecule has 0 aromatic heterocycles. The second kappa shape index (κ2) is 3.44. The molecular weight excluding hydrogens is 220 g/mol. The normalized spacial score (nSPS) is 11.6. The Morgan fingerprint density at radius 2 is 2.00 bits per heavy atom. The Labute approximate surface area is 60.6 Å². The van der Waals surface area contributed by atoms with E-state index in [2.05, 4.69) is 38.4 Å². The van der Waals surface area contributed by atoms with E-state index in [1.54, 1.807) is 0 Å². The van der Waals surface area contributed by atoms with Gasteiger partial charge in [0.2, 0.25) is 0 Å². The summed E-state index contributed by atoms with van der Waals surface area (Å²) in [5.41, 5.74) is 0. The summed E-state index contributed by atoms with van der Waals surface area (Å²) in [7, 11) is 0. The molecule has 0 aromatic carbocycles. The van der Waals surface area contributed by atoms with Crippen LogP contribution in [0.4, 0.5) is 0 Å². The van der Waals surface area contributed by atoms with Crippen molar-refractivity contribution in [2.75, 3.05) is 0 Å². The van der Waals surface area contributed by atoms with Gasteiger partial charge in [-0.2, -0.15) is 0 Å². The standard InChI is InChI=1S/C5H6Br2/c1-3-5(7)4(2)6/h3H,2H2,1H3/b5-3-. The van der Waals surface area contributed by atoms with Crippen LogP contribution in [0.2, 0.25) is 0 Å². The van der Waals surface area contributed by atoms with Gasteiger partial charge in [0.15, 0.2) is 0 Å². The SMILES string of the molecule is C=C(Br)/C(Br)=C/C. The van der Waals surface area contributed by atoms with Gasteiger partial charge in [0.25, 0.3) is 0 Å². The monoisotopic (exact) mass is 224 g/mol. The van der Waals surface area contributed by atoms with E-state index in [0.29, 0.717) is 0 Å². The van der Waals surface area contributed by atoms with Crippen LogP contribution >= 0.6 is 31.9 Å². The zero-order valence-corrected chi connectivity index (χ0v) is 7.21. The van der Waals surface area contributed by atoms with E-state index in [1.807, 2.05) is 13.0 Å². The van der Waals surface area contributed by atoms with Crippen LogP contribution in [0.3, 0.4) is 0 Å². The van der Waals surface area contributed by atoms with Crippen molar-refractivity contribution < 1.29 is 0 Å². The Morgan fingerprint density at radius 1 is 1.57 bits per heavy atom. The number of allylic oxidation sites excluding steroid dienone is 3. The lowest BCUT2D eigenvalue weighted by Crippen LogP contribution is -1.61.